The number of halogens is 1. The minimum Gasteiger partial charge on any atom is -0.461 e. The van der Waals surface area contributed by atoms with Crippen LogP contribution in [-0.4, -0.2) is 17.1 Å². The lowest BCUT2D eigenvalue weighted by atomic mass is 9.61. The fourth-order valence-electron chi connectivity index (χ4n) is 5.71. The van der Waals surface area contributed by atoms with Crippen LogP contribution >= 0.6 is 0 Å². The number of carbonyl (C=O) groups is 1. The number of aromatic nitrogens is 1. The molecular weight excluding hydrogens is 365 g/mol. The van der Waals surface area contributed by atoms with Crippen LogP contribution in [0.25, 0.3) is 17.2 Å². The maximum atomic E-state index is 13.5. The predicted octanol–water partition coefficient (Wildman–Crippen LogP) is 5.66. The van der Waals surface area contributed by atoms with Gasteiger partial charge in [0.15, 0.2) is 0 Å². The van der Waals surface area contributed by atoms with Gasteiger partial charge < -0.3 is 4.74 Å². The first-order chi connectivity index (χ1) is 14.2. The number of carbonyl (C=O) groups excluding carboxylic acids is 1. The number of benzene rings is 1. The van der Waals surface area contributed by atoms with Crippen LogP contribution in [-0.2, 0) is 9.53 Å². The van der Waals surface area contributed by atoms with Crippen LogP contribution in [0.5, 0.6) is 0 Å². The molecule has 0 spiro atoms. The quantitative estimate of drug-likeness (QED) is 0.634. The van der Waals surface area contributed by atoms with E-state index in [1.54, 1.807) is 12.3 Å². The van der Waals surface area contributed by atoms with E-state index in [1.807, 2.05) is 18.2 Å². The Morgan fingerprint density at radius 2 is 1.97 bits per heavy atom. The Balaban J connectivity index is 1.37. The van der Waals surface area contributed by atoms with Gasteiger partial charge in [-0.05, 0) is 54.5 Å². The van der Waals surface area contributed by atoms with E-state index >= 15 is 0 Å². The van der Waals surface area contributed by atoms with E-state index in [1.165, 1.54) is 37.8 Å². The summed E-state index contributed by atoms with van der Waals surface area (Å²) in [5.41, 5.74) is 2.60. The van der Waals surface area contributed by atoms with Gasteiger partial charge in [0.2, 0.25) is 0 Å². The molecule has 1 aliphatic heterocycles. The summed E-state index contributed by atoms with van der Waals surface area (Å²) in [6.45, 7) is 0. The molecular formula is C25H26FNO2. The van der Waals surface area contributed by atoms with Gasteiger partial charge in [-0.1, -0.05) is 43.5 Å². The Morgan fingerprint density at radius 1 is 1.07 bits per heavy atom. The van der Waals surface area contributed by atoms with Crippen LogP contribution in [0, 0.1) is 29.5 Å². The first-order valence-corrected chi connectivity index (χ1v) is 10.8. The highest BCUT2D eigenvalue weighted by Gasteiger charge is 2.49. The molecule has 29 heavy (non-hydrogen) atoms. The number of hydrogen-bond donors (Lipinski definition) is 0. The zero-order valence-electron chi connectivity index (χ0n) is 16.5. The van der Waals surface area contributed by atoms with Gasteiger partial charge in [-0.25, -0.2) is 4.39 Å². The summed E-state index contributed by atoms with van der Waals surface area (Å²) in [7, 11) is 0. The highest BCUT2D eigenvalue weighted by molar-refractivity contribution is 5.72. The Morgan fingerprint density at radius 3 is 2.79 bits per heavy atom. The second-order valence-electron chi connectivity index (χ2n) is 8.78. The molecule has 5 atom stereocenters. The number of esters is 1. The third-order valence-electron chi connectivity index (χ3n) is 7.04. The Kier molecular flexibility index (Phi) is 4.94. The Bertz CT molecular complexity index is 923. The molecule has 4 heteroatoms. The molecule has 2 aliphatic carbocycles. The van der Waals surface area contributed by atoms with E-state index in [9.17, 15) is 9.18 Å². The van der Waals surface area contributed by atoms with Crippen molar-refractivity contribution in [3.8, 4) is 11.1 Å². The van der Waals surface area contributed by atoms with Gasteiger partial charge in [-0.2, -0.15) is 0 Å². The maximum Gasteiger partial charge on any atom is 0.306 e. The van der Waals surface area contributed by atoms with E-state index in [0.717, 1.165) is 29.2 Å². The average Bonchev–Trinajstić information content (AvgIpc) is 3.11. The molecule has 1 aromatic heterocycles. The van der Waals surface area contributed by atoms with Crippen LogP contribution in [0.2, 0.25) is 0 Å². The van der Waals surface area contributed by atoms with E-state index < -0.39 is 0 Å². The van der Waals surface area contributed by atoms with Gasteiger partial charge in [0.05, 0.1) is 12.1 Å². The molecule has 3 fully saturated rings. The topological polar surface area (TPSA) is 39.2 Å². The molecule has 2 heterocycles. The van der Waals surface area contributed by atoms with Crippen LogP contribution < -0.4 is 0 Å². The summed E-state index contributed by atoms with van der Waals surface area (Å²) in [6, 6.07) is 10.5. The van der Waals surface area contributed by atoms with Crippen molar-refractivity contribution >= 4 is 12.0 Å². The normalized spacial score (nSPS) is 31.3. The van der Waals surface area contributed by atoms with Crippen molar-refractivity contribution in [2.24, 2.45) is 23.7 Å². The van der Waals surface area contributed by atoms with E-state index in [4.69, 9.17) is 4.74 Å². The van der Waals surface area contributed by atoms with Gasteiger partial charge in [-0.3, -0.25) is 9.78 Å². The number of ether oxygens (including phenoxy) is 1. The van der Waals surface area contributed by atoms with Crippen molar-refractivity contribution < 1.29 is 13.9 Å². The molecule has 5 rings (SSSR count). The average molecular weight is 391 g/mol. The third kappa shape index (κ3) is 3.73. The lowest BCUT2D eigenvalue weighted by Gasteiger charge is -2.45. The summed E-state index contributed by atoms with van der Waals surface area (Å²) >= 11 is 0. The first kappa shape index (κ1) is 18.5. The molecule has 2 aromatic rings. The van der Waals surface area contributed by atoms with Crippen LogP contribution in [0.15, 0.2) is 48.7 Å². The lowest BCUT2D eigenvalue weighted by Crippen LogP contribution is -2.42. The third-order valence-corrected chi connectivity index (χ3v) is 7.04. The highest BCUT2D eigenvalue weighted by Crippen LogP contribution is 2.50. The van der Waals surface area contributed by atoms with Crippen molar-refractivity contribution in [3.05, 3.63) is 60.2 Å². The summed E-state index contributed by atoms with van der Waals surface area (Å²) in [5.74, 6) is 1.72. The minimum atomic E-state index is -0.244. The molecule has 5 unspecified atom stereocenters. The molecule has 3 aliphatic rings. The van der Waals surface area contributed by atoms with Gasteiger partial charge in [0, 0.05) is 23.6 Å². The van der Waals surface area contributed by atoms with Crippen molar-refractivity contribution in [1.82, 2.24) is 4.98 Å². The summed E-state index contributed by atoms with van der Waals surface area (Å²) in [5, 5.41) is 0. The Labute approximate surface area is 171 Å². The number of nitrogens with zero attached hydrogens (tertiary/aromatic N) is 1. The minimum absolute atomic E-state index is 0.0321. The molecule has 1 aromatic carbocycles. The van der Waals surface area contributed by atoms with E-state index in [0.29, 0.717) is 18.3 Å². The van der Waals surface area contributed by atoms with Crippen molar-refractivity contribution in [2.75, 3.05) is 0 Å². The maximum absolute atomic E-state index is 13.5. The van der Waals surface area contributed by atoms with Crippen molar-refractivity contribution in [3.63, 3.8) is 0 Å². The van der Waals surface area contributed by atoms with Gasteiger partial charge in [0.1, 0.15) is 11.9 Å². The van der Waals surface area contributed by atoms with Gasteiger partial charge >= 0.3 is 5.97 Å². The van der Waals surface area contributed by atoms with Gasteiger partial charge in [0.25, 0.3) is 0 Å². The summed E-state index contributed by atoms with van der Waals surface area (Å²) < 4.78 is 19.2. The molecule has 0 N–H and O–H groups in total. The van der Waals surface area contributed by atoms with Crippen molar-refractivity contribution in [1.29, 1.82) is 0 Å². The molecule has 1 saturated heterocycles. The largest absolute Gasteiger partial charge is 0.461 e. The molecule has 0 amide bonds. The van der Waals surface area contributed by atoms with Crippen LogP contribution in [0.3, 0.4) is 0 Å². The monoisotopic (exact) mass is 391 g/mol. The van der Waals surface area contributed by atoms with Gasteiger partial charge in [-0.15, -0.1) is 0 Å². The number of pyridine rings is 1. The standard InChI is InChI=1S/C25H26FNO2/c26-20-6-3-5-16(13-20)18-8-9-21(27-15-18)10-11-23-22-7-2-1-4-17(22)12-19-14-24(28)29-25(19)23/h3,5-6,8-11,13,15,17,19,22-23,25H,1-2,4,7,12,14H2/b11-10+. The zero-order chi connectivity index (χ0) is 19.8. The SMILES string of the molecule is O=C1CC2CC3CCCCC3C(/C=C/c3ccc(-c4cccc(F)c4)cn3)C2O1. The lowest BCUT2D eigenvalue weighted by molar-refractivity contribution is -0.145. The smallest absolute Gasteiger partial charge is 0.306 e. The van der Waals surface area contributed by atoms with E-state index in [-0.39, 0.29) is 23.8 Å². The molecule has 0 bridgehead atoms. The fraction of sp³-hybridized carbons (Fsp3) is 0.440. The molecule has 0 radical (unpaired) electrons. The van der Waals surface area contributed by atoms with Crippen LogP contribution in [0.1, 0.15) is 44.2 Å². The Hall–Kier alpha value is -2.49. The number of fused-ring (bicyclic) bond motifs is 2. The molecule has 150 valence electrons. The zero-order valence-corrected chi connectivity index (χ0v) is 16.5. The first-order valence-electron chi connectivity index (χ1n) is 10.8. The second-order valence-corrected chi connectivity index (χ2v) is 8.78. The van der Waals surface area contributed by atoms with Crippen LogP contribution in [0.4, 0.5) is 4.39 Å². The van der Waals surface area contributed by atoms with E-state index in [2.05, 4.69) is 17.1 Å². The molecule has 2 saturated carbocycles. The molecule has 3 nitrogen and oxygen atoms in total. The summed E-state index contributed by atoms with van der Waals surface area (Å²) in [6.07, 6.45) is 13.0. The number of rotatable bonds is 3. The highest BCUT2D eigenvalue weighted by atomic mass is 19.1. The fourth-order valence-corrected chi connectivity index (χ4v) is 5.71. The number of hydrogen-bond acceptors (Lipinski definition) is 3. The summed E-state index contributed by atoms with van der Waals surface area (Å²) in [4.78, 5) is 16.5. The van der Waals surface area contributed by atoms with Crippen molar-refractivity contribution in [2.45, 2.75) is 44.6 Å². The second kappa shape index (κ2) is 7.74. The predicted molar refractivity (Wildman–Crippen MR) is 110 cm³/mol.